The van der Waals surface area contributed by atoms with Crippen molar-refractivity contribution in [1.82, 2.24) is 9.97 Å². The molecule has 2 N–H and O–H groups in total. The second-order valence-corrected chi connectivity index (χ2v) is 4.43. The van der Waals surface area contributed by atoms with Crippen LogP contribution in [0.25, 0.3) is 11.4 Å². The largest absolute Gasteiger partial charge is 0.476 e. The zero-order chi connectivity index (χ0) is 14.2. The monoisotopic (exact) mass is 266 g/mol. The molecule has 0 radical (unpaired) electrons. The minimum absolute atomic E-state index is 0.0121. The van der Waals surface area contributed by atoms with E-state index >= 15 is 0 Å². The molecule has 0 unspecified atom stereocenters. The van der Waals surface area contributed by atoms with Crippen LogP contribution in [0.4, 0.5) is 8.78 Å². The average Bonchev–Trinajstić information content (AvgIpc) is 2.77. The molecule has 6 heteroatoms. The number of aromatic carboxylic acids is 1. The molecule has 0 saturated heterocycles. The molecule has 2 rings (SSSR count). The van der Waals surface area contributed by atoms with Crippen LogP contribution in [0, 0.1) is 11.6 Å². The number of hydrogen-bond donors (Lipinski definition) is 2. The van der Waals surface area contributed by atoms with Crippen LogP contribution in [0.15, 0.2) is 18.2 Å². The van der Waals surface area contributed by atoms with Crippen LogP contribution >= 0.6 is 0 Å². The summed E-state index contributed by atoms with van der Waals surface area (Å²) in [7, 11) is 0. The maximum atomic E-state index is 13.6. The predicted molar refractivity (Wildman–Crippen MR) is 65.0 cm³/mol. The number of aromatic amines is 1. The van der Waals surface area contributed by atoms with Gasteiger partial charge in [-0.1, -0.05) is 13.8 Å². The lowest BCUT2D eigenvalue weighted by atomic mass is 10.1. The van der Waals surface area contributed by atoms with Crippen LogP contribution in [0.3, 0.4) is 0 Å². The van der Waals surface area contributed by atoms with Gasteiger partial charge < -0.3 is 10.1 Å². The highest BCUT2D eigenvalue weighted by atomic mass is 19.1. The Morgan fingerprint density at radius 3 is 2.58 bits per heavy atom. The molecule has 0 spiro atoms. The molecule has 0 aliphatic rings. The molecule has 0 amide bonds. The highest BCUT2D eigenvalue weighted by molar-refractivity contribution is 5.88. The van der Waals surface area contributed by atoms with Crippen molar-refractivity contribution < 1.29 is 18.7 Å². The van der Waals surface area contributed by atoms with Gasteiger partial charge in [0, 0.05) is 0 Å². The van der Waals surface area contributed by atoms with Crippen molar-refractivity contribution in [1.29, 1.82) is 0 Å². The summed E-state index contributed by atoms with van der Waals surface area (Å²) in [6.45, 7) is 3.57. The van der Waals surface area contributed by atoms with Crippen molar-refractivity contribution in [3.05, 3.63) is 41.2 Å². The molecule has 1 heterocycles. The van der Waals surface area contributed by atoms with Gasteiger partial charge in [-0.2, -0.15) is 0 Å². The molecule has 0 fully saturated rings. The number of benzene rings is 1. The average molecular weight is 266 g/mol. The quantitative estimate of drug-likeness (QED) is 0.896. The standard InChI is InChI=1S/C13H12F2N2O2/c1-6(2)10-11(13(18)19)17-12(16-10)8-5-7(14)3-4-9(8)15/h3-6H,1-2H3,(H,16,17)(H,18,19). The van der Waals surface area contributed by atoms with Gasteiger partial charge in [-0.3, -0.25) is 0 Å². The van der Waals surface area contributed by atoms with E-state index in [1.165, 1.54) is 0 Å². The second-order valence-electron chi connectivity index (χ2n) is 4.43. The normalized spacial score (nSPS) is 11.0. The maximum Gasteiger partial charge on any atom is 0.356 e. The van der Waals surface area contributed by atoms with Gasteiger partial charge in [-0.25, -0.2) is 18.6 Å². The fourth-order valence-corrected chi connectivity index (χ4v) is 1.77. The third kappa shape index (κ3) is 2.47. The first-order valence-electron chi connectivity index (χ1n) is 5.68. The Bertz CT molecular complexity index is 636. The minimum Gasteiger partial charge on any atom is -0.476 e. The van der Waals surface area contributed by atoms with Gasteiger partial charge in [0.25, 0.3) is 0 Å². The molecule has 2 aromatic rings. The zero-order valence-electron chi connectivity index (χ0n) is 10.4. The lowest BCUT2D eigenvalue weighted by Crippen LogP contribution is -2.02. The van der Waals surface area contributed by atoms with E-state index in [4.69, 9.17) is 5.11 Å². The molecule has 0 aliphatic carbocycles. The SMILES string of the molecule is CC(C)c1[nH]c(-c2cc(F)ccc2F)nc1C(=O)O. The van der Waals surface area contributed by atoms with E-state index in [2.05, 4.69) is 9.97 Å². The number of nitrogens with zero attached hydrogens (tertiary/aromatic N) is 1. The van der Waals surface area contributed by atoms with Gasteiger partial charge in [0.15, 0.2) is 5.69 Å². The van der Waals surface area contributed by atoms with E-state index < -0.39 is 17.6 Å². The summed E-state index contributed by atoms with van der Waals surface area (Å²) in [4.78, 5) is 17.7. The van der Waals surface area contributed by atoms with E-state index in [-0.39, 0.29) is 23.0 Å². The summed E-state index contributed by atoms with van der Waals surface area (Å²) in [5.41, 5.74) is 0.120. The lowest BCUT2D eigenvalue weighted by Gasteiger charge is -2.02. The van der Waals surface area contributed by atoms with Gasteiger partial charge in [0.2, 0.25) is 0 Å². The third-order valence-corrected chi connectivity index (χ3v) is 2.70. The number of carboxylic acids is 1. The Morgan fingerprint density at radius 2 is 2.05 bits per heavy atom. The fraction of sp³-hybridized carbons (Fsp3) is 0.231. The van der Waals surface area contributed by atoms with Crippen LogP contribution in [0.2, 0.25) is 0 Å². The number of halogens is 2. The van der Waals surface area contributed by atoms with Crippen molar-refractivity contribution in [3.63, 3.8) is 0 Å². The Balaban J connectivity index is 2.60. The highest BCUT2D eigenvalue weighted by Crippen LogP contribution is 2.25. The van der Waals surface area contributed by atoms with Crippen LogP contribution in [0.1, 0.15) is 35.9 Å². The van der Waals surface area contributed by atoms with Crippen molar-refractivity contribution in [2.24, 2.45) is 0 Å². The summed E-state index contributed by atoms with van der Waals surface area (Å²) in [5, 5.41) is 9.05. The first-order valence-corrected chi connectivity index (χ1v) is 5.68. The number of carboxylic acid groups (broad SMARTS) is 1. The molecule has 0 saturated carbocycles. The Morgan fingerprint density at radius 1 is 1.37 bits per heavy atom. The molecular weight excluding hydrogens is 254 g/mol. The third-order valence-electron chi connectivity index (χ3n) is 2.70. The van der Waals surface area contributed by atoms with E-state index in [0.29, 0.717) is 5.69 Å². The Kier molecular flexibility index (Phi) is 3.33. The number of H-pyrrole nitrogens is 1. The van der Waals surface area contributed by atoms with E-state index in [0.717, 1.165) is 18.2 Å². The summed E-state index contributed by atoms with van der Waals surface area (Å²) in [6.07, 6.45) is 0. The van der Waals surface area contributed by atoms with Crippen molar-refractivity contribution >= 4 is 5.97 Å². The number of carbonyl (C=O) groups is 1. The molecule has 19 heavy (non-hydrogen) atoms. The minimum atomic E-state index is -1.21. The molecule has 100 valence electrons. The van der Waals surface area contributed by atoms with Crippen LogP contribution in [-0.2, 0) is 0 Å². The molecule has 0 atom stereocenters. The Hall–Kier alpha value is -2.24. The summed E-state index contributed by atoms with van der Waals surface area (Å²) in [5.74, 6) is -2.59. The summed E-state index contributed by atoms with van der Waals surface area (Å²) in [6, 6.07) is 2.94. The topological polar surface area (TPSA) is 66.0 Å². The Labute approximate surface area is 108 Å². The predicted octanol–water partition coefficient (Wildman–Crippen LogP) is 3.18. The van der Waals surface area contributed by atoms with Gasteiger partial charge in [-0.05, 0) is 24.1 Å². The van der Waals surface area contributed by atoms with E-state index in [1.807, 2.05) is 0 Å². The van der Waals surface area contributed by atoms with Crippen molar-refractivity contribution in [3.8, 4) is 11.4 Å². The number of rotatable bonds is 3. The number of imidazole rings is 1. The smallest absolute Gasteiger partial charge is 0.356 e. The first-order chi connectivity index (χ1) is 8.90. The van der Waals surface area contributed by atoms with E-state index in [1.54, 1.807) is 13.8 Å². The van der Waals surface area contributed by atoms with Crippen molar-refractivity contribution in [2.45, 2.75) is 19.8 Å². The molecule has 1 aromatic heterocycles. The highest BCUT2D eigenvalue weighted by Gasteiger charge is 2.21. The number of nitrogens with one attached hydrogen (secondary N) is 1. The van der Waals surface area contributed by atoms with Gasteiger partial charge in [0.1, 0.15) is 17.5 Å². The first kappa shape index (κ1) is 13.2. The summed E-state index contributed by atoms with van der Waals surface area (Å²) >= 11 is 0. The molecule has 0 aliphatic heterocycles. The van der Waals surface area contributed by atoms with Crippen LogP contribution in [-0.4, -0.2) is 21.0 Å². The lowest BCUT2D eigenvalue weighted by molar-refractivity contribution is 0.0689. The second kappa shape index (κ2) is 4.79. The van der Waals surface area contributed by atoms with Crippen LogP contribution in [0.5, 0.6) is 0 Å². The molecular formula is C13H12F2N2O2. The number of hydrogen-bond acceptors (Lipinski definition) is 2. The fourth-order valence-electron chi connectivity index (χ4n) is 1.77. The number of aromatic nitrogens is 2. The zero-order valence-corrected chi connectivity index (χ0v) is 10.4. The van der Waals surface area contributed by atoms with E-state index in [9.17, 15) is 13.6 Å². The summed E-state index contributed by atoms with van der Waals surface area (Å²) < 4.78 is 26.8. The van der Waals surface area contributed by atoms with Gasteiger partial charge >= 0.3 is 5.97 Å². The molecule has 0 bridgehead atoms. The molecule has 4 nitrogen and oxygen atoms in total. The maximum absolute atomic E-state index is 13.6. The van der Waals surface area contributed by atoms with Crippen LogP contribution < -0.4 is 0 Å². The van der Waals surface area contributed by atoms with Gasteiger partial charge in [-0.15, -0.1) is 0 Å². The molecule has 1 aromatic carbocycles. The van der Waals surface area contributed by atoms with Gasteiger partial charge in [0.05, 0.1) is 11.3 Å². The van der Waals surface area contributed by atoms with Crippen molar-refractivity contribution in [2.75, 3.05) is 0 Å².